The van der Waals surface area contributed by atoms with Crippen LogP contribution in [0, 0.1) is 11.8 Å². The van der Waals surface area contributed by atoms with Gasteiger partial charge in [-0.05, 0) is 31.1 Å². The molecule has 30 heavy (non-hydrogen) atoms. The first-order chi connectivity index (χ1) is 13.3. The van der Waals surface area contributed by atoms with Gasteiger partial charge in [0.25, 0.3) is 0 Å². The van der Waals surface area contributed by atoms with Gasteiger partial charge in [-0.1, -0.05) is 54.9 Å². The van der Waals surface area contributed by atoms with E-state index in [4.69, 9.17) is 4.84 Å². The summed E-state index contributed by atoms with van der Waals surface area (Å²) >= 11 is 0. The molecule has 171 valence electrons. The van der Waals surface area contributed by atoms with Crippen molar-refractivity contribution in [2.75, 3.05) is 13.2 Å². The zero-order valence-corrected chi connectivity index (χ0v) is 22.4. The summed E-state index contributed by atoms with van der Waals surface area (Å²) in [6.45, 7) is 14.2. The number of amides is 2. The first kappa shape index (κ1) is 29.4. The van der Waals surface area contributed by atoms with Gasteiger partial charge in [-0.2, -0.15) is 0 Å². The number of hydroxylamine groups is 1. The molecule has 1 aliphatic carbocycles. The first-order valence-electron chi connectivity index (χ1n) is 10.5. The molecule has 0 aromatic heterocycles. The minimum Gasteiger partial charge on any atom is -0.529 e. The molecular weight excluding hydrogens is 463 g/mol. The molecule has 8 nitrogen and oxygen atoms in total. The van der Waals surface area contributed by atoms with Gasteiger partial charge in [0.1, 0.15) is 18.2 Å². The summed E-state index contributed by atoms with van der Waals surface area (Å²) in [5.74, 6) is -0.917. The number of carbonyl (C=O) groups is 3. The van der Waals surface area contributed by atoms with Gasteiger partial charge >= 0.3 is 5.97 Å². The Morgan fingerprint density at radius 3 is 2.27 bits per heavy atom. The Bertz CT molecular complexity index is 591. The maximum Gasteiger partial charge on any atom is 0.329 e. The normalized spacial score (nSPS) is 25.1. The number of aliphatic carboxylic acids is 1. The van der Waals surface area contributed by atoms with Crippen molar-refractivity contribution in [3.63, 3.8) is 0 Å². The summed E-state index contributed by atoms with van der Waals surface area (Å²) in [6, 6.07) is -0.639. The smallest absolute Gasteiger partial charge is 0.329 e. The Balaban J connectivity index is 0.00000154. The van der Waals surface area contributed by atoms with Crippen LogP contribution in [-0.2, 0) is 51.9 Å². The quantitative estimate of drug-likeness (QED) is 0.521. The Labute approximate surface area is 206 Å². The van der Waals surface area contributed by atoms with E-state index in [0.29, 0.717) is 32.2 Å². The van der Waals surface area contributed by atoms with Gasteiger partial charge in [0.15, 0.2) is 0 Å². The Hall–Kier alpha value is -0.566. The van der Waals surface area contributed by atoms with E-state index < -0.39 is 29.0 Å². The molecule has 3 atom stereocenters. The molecule has 0 bridgehead atoms. The maximum absolute atomic E-state index is 12.6. The fraction of sp³-hybridized carbons (Fsp3) is 0.857. The van der Waals surface area contributed by atoms with E-state index in [-0.39, 0.29) is 51.1 Å². The Morgan fingerprint density at radius 1 is 1.27 bits per heavy atom. The Kier molecular flexibility index (Phi) is 12.2. The predicted octanol–water partition coefficient (Wildman–Crippen LogP) is 3.11. The van der Waals surface area contributed by atoms with Gasteiger partial charge in [-0.3, -0.25) is 9.59 Å². The molecule has 3 unspecified atom stereocenters. The molecule has 0 spiro atoms. The summed E-state index contributed by atoms with van der Waals surface area (Å²) < 4.78 is 0. The van der Waals surface area contributed by atoms with Gasteiger partial charge in [0.2, 0.25) is 11.8 Å². The molecule has 2 N–H and O–H groups in total. The third kappa shape index (κ3) is 8.89. The van der Waals surface area contributed by atoms with Crippen LogP contribution in [0.2, 0.25) is 0 Å². The number of carbonyl (C=O) groups excluding carboxylic acids is 2. The molecule has 1 saturated heterocycles. The summed E-state index contributed by atoms with van der Waals surface area (Å²) in [5, 5.41) is 12.1. The van der Waals surface area contributed by atoms with E-state index in [2.05, 4.69) is 31.6 Å². The van der Waals surface area contributed by atoms with Gasteiger partial charge in [-0.15, -0.1) is 5.54 Å². The largest absolute Gasteiger partial charge is 0.529 e. The number of hydrogen-bond acceptors (Lipinski definition) is 4. The monoisotopic (exact) mass is 501 g/mol. The first-order valence-corrected chi connectivity index (χ1v) is 10.5. The number of carboxylic acids is 1. The van der Waals surface area contributed by atoms with Crippen LogP contribution in [0.3, 0.4) is 0 Å². The van der Waals surface area contributed by atoms with Crippen LogP contribution in [0.15, 0.2) is 0 Å². The average molecular weight is 501 g/mol. The van der Waals surface area contributed by atoms with Gasteiger partial charge < -0.3 is 25.6 Å². The zero-order valence-electron chi connectivity index (χ0n) is 19.5. The molecule has 1 heterocycles. The summed E-state index contributed by atoms with van der Waals surface area (Å²) in [7, 11) is 0. The number of nitrogens with one attached hydrogen (secondary N) is 1. The summed E-state index contributed by atoms with van der Waals surface area (Å²) in [4.78, 5) is 43.0. The zero-order chi connectivity index (χ0) is 22.4. The Morgan fingerprint density at radius 2 is 1.83 bits per heavy atom. The molecule has 1 radical (unpaired) electrons. The van der Waals surface area contributed by atoms with E-state index in [1.165, 1.54) is 4.90 Å². The number of hydrogen-bond donors (Lipinski definition) is 2. The summed E-state index contributed by atoms with van der Waals surface area (Å²) in [5.41, 5.74) is 2.35. The van der Waals surface area contributed by atoms with Crippen LogP contribution in [0.5, 0.6) is 0 Å². The standard InChI is InChI=1S/C17H28N3O5.C4H10.Y/c1-5-11-9-17(11,15(23)24)18-14(22)12-7-6-8-20(12)13(21)10-25-19-16(2,3)4;1-4(2)3;/h11-12H,5-10H2,1-4H3,(H,18,22)(H,23,24);4H,1-3H3;/q-1;;. The van der Waals surface area contributed by atoms with E-state index >= 15 is 0 Å². The van der Waals surface area contributed by atoms with Crippen molar-refractivity contribution in [3.8, 4) is 0 Å². The van der Waals surface area contributed by atoms with Gasteiger partial charge in [-0.25, -0.2) is 4.79 Å². The van der Waals surface area contributed by atoms with E-state index in [1.807, 2.05) is 27.7 Å². The minimum atomic E-state index is -1.17. The second kappa shape index (κ2) is 12.5. The third-order valence-corrected chi connectivity index (χ3v) is 4.73. The fourth-order valence-corrected chi connectivity index (χ4v) is 3.30. The van der Waals surface area contributed by atoms with Gasteiger partial charge in [0.05, 0.1) is 0 Å². The molecule has 2 fully saturated rings. The topological polar surface area (TPSA) is 110 Å². The fourth-order valence-electron chi connectivity index (χ4n) is 3.30. The molecule has 1 saturated carbocycles. The molecule has 2 amide bonds. The maximum atomic E-state index is 12.6. The minimum absolute atomic E-state index is 0. The van der Waals surface area contributed by atoms with Crippen LogP contribution >= 0.6 is 0 Å². The second-order valence-electron chi connectivity index (χ2n) is 9.59. The van der Waals surface area contributed by atoms with Gasteiger partial charge in [0, 0.05) is 39.3 Å². The second-order valence-corrected chi connectivity index (χ2v) is 9.59. The number of carboxylic acid groups (broad SMARTS) is 1. The van der Waals surface area contributed by atoms with Crippen molar-refractivity contribution in [2.45, 2.75) is 91.3 Å². The van der Waals surface area contributed by atoms with Crippen molar-refractivity contribution in [1.29, 1.82) is 0 Å². The molecule has 9 heteroatoms. The van der Waals surface area contributed by atoms with Crippen LogP contribution in [-0.4, -0.2) is 58.1 Å². The number of likely N-dealkylation sites (tertiary alicyclic amines) is 1. The third-order valence-electron chi connectivity index (χ3n) is 4.73. The van der Waals surface area contributed by atoms with Crippen molar-refractivity contribution in [2.24, 2.45) is 11.8 Å². The van der Waals surface area contributed by atoms with E-state index in [1.54, 1.807) is 0 Å². The van der Waals surface area contributed by atoms with E-state index in [9.17, 15) is 19.5 Å². The average Bonchev–Trinajstić information content (AvgIpc) is 3.07. The van der Waals surface area contributed by atoms with E-state index in [0.717, 1.165) is 5.92 Å². The molecule has 2 rings (SSSR count). The summed E-state index contributed by atoms with van der Waals surface area (Å²) in [6.07, 6.45) is 2.37. The molecule has 0 aromatic rings. The van der Waals surface area contributed by atoms with Crippen LogP contribution in [0.1, 0.15) is 74.1 Å². The molecule has 1 aliphatic heterocycles. The SMILES string of the molecule is CC(C)C.CCC1CC1(NC(=O)C1CCCN1C(=O)CO[N-]C(C)(C)C)C(=O)O.[Y]. The number of rotatable bonds is 7. The number of nitrogens with zero attached hydrogens (tertiary/aromatic N) is 2. The molecular formula is C21H38N3O5Y-. The van der Waals surface area contributed by atoms with Crippen molar-refractivity contribution < 1.29 is 57.0 Å². The molecule has 0 aromatic carbocycles. The van der Waals surface area contributed by atoms with Crippen molar-refractivity contribution >= 4 is 17.8 Å². The molecule has 2 aliphatic rings. The van der Waals surface area contributed by atoms with Crippen molar-refractivity contribution in [1.82, 2.24) is 10.2 Å². The predicted molar refractivity (Wildman–Crippen MR) is 111 cm³/mol. The van der Waals surface area contributed by atoms with Crippen LogP contribution in [0.25, 0.3) is 5.48 Å². The van der Waals surface area contributed by atoms with Crippen molar-refractivity contribution in [3.05, 3.63) is 5.48 Å². The van der Waals surface area contributed by atoms with Crippen LogP contribution in [0.4, 0.5) is 0 Å². The van der Waals surface area contributed by atoms with Crippen LogP contribution < -0.4 is 5.32 Å².